The van der Waals surface area contributed by atoms with Gasteiger partial charge in [-0.1, -0.05) is 13.0 Å². The number of aliphatic carboxylic acids is 1. The molecule has 6 nitrogen and oxygen atoms in total. The van der Waals surface area contributed by atoms with Gasteiger partial charge in [0.2, 0.25) is 0 Å². The van der Waals surface area contributed by atoms with E-state index in [4.69, 9.17) is 0 Å². The van der Waals surface area contributed by atoms with Crippen LogP contribution in [0, 0.1) is 5.92 Å². The van der Waals surface area contributed by atoms with Crippen LogP contribution in [-0.2, 0) is 11.3 Å². The minimum absolute atomic E-state index is 0.326. The third-order valence-corrected chi connectivity index (χ3v) is 3.58. The number of hydrogen-bond acceptors (Lipinski definition) is 3. The molecule has 2 N–H and O–H groups in total. The molecule has 1 aliphatic heterocycles. The van der Waals surface area contributed by atoms with Crippen molar-refractivity contribution in [1.82, 2.24) is 15.2 Å². The van der Waals surface area contributed by atoms with Gasteiger partial charge in [0.1, 0.15) is 6.04 Å². The molecule has 2 rings (SSSR count). The Morgan fingerprint density at radius 1 is 1.55 bits per heavy atom. The number of nitrogens with zero attached hydrogens (tertiary/aromatic N) is 2. The Kier molecular flexibility index (Phi) is 4.55. The summed E-state index contributed by atoms with van der Waals surface area (Å²) in [4.78, 5) is 28.8. The number of hydrogen-bond donors (Lipinski definition) is 2. The molecular formula is C14H19N3O3. The minimum Gasteiger partial charge on any atom is -0.480 e. The fraction of sp³-hybridized carbons (Fsp3) is 0.500. The second kappa shape index (κ2) is 6.36. The number of piperidine rings is 1. The Hall–Kier alpha value is -2.11. The quantitative estimate of drug-likeness (QED) is 0.876. The molecular weight excluding hydrogens is 258 g/mol. The number of carboxylic acid groups (broad SMARTS) is 1. The summed E-state index contributed by atoms with van der Waals surface area (Å²) in [5.74, 6) is -0.605. The van der Waals surface area contributed by atoms with E-state index in [2.05, 4.69) is 10.3 Å². The van der Waals surface area contributed by atoms with Crippen molar-refractivity contribution in [3.05, 3.63) is 30.1 Å². The van der Waals surface area contributed by atoms with E-state index in [0.717, 1.165) is 12.0 Å². The normalized spacial score (nSPS) is 22.4. The fourth-order valence-electron chi connectivity index (χ4n) is 2.40. The molecule has 2 atom stereocenters. The molecule has 0 spiro atoms. The number of carboxylic acids is 1. The molecule has 6 heteroatoms. The van der Waals surface area contributed by atoms with Crippen LogP contribution in [0.4, 0.5) is 4.79 Å². The number of amides is 2. The van der Waals surface area contributed by atoms with Gasteiger partial charge in [-0.15, -0.1) is 0 Å². The van der Waals surface area contributed by atoms with Crippen LogP contribution >= 0.6 is 0 Å². The van der Waals surface area contributed by atoms with E-state index < -0.39 is 12.0 Å². The predicted octanol–water partition coefficient (Wildman–Crippen LogP) is 1.48. The van der Waals surface area contributed by atoms with Crippen molar-refractivity contribution in [3.63, 3.8) is 0 Å². The Bertz CT molecular complexity index is 478. The predicted molar refractivity (Wildman–Crippen MR) is 73.0 cm³/mol. The second-order valence-corrected chi connectivity index (χ2v) is 5.20. The molecule has 1 saturated heterocycles. The van der Waals surface area contributed by atoms with Gasteiger partial charge in [-0.3, -0.25) is 4.98 Å². The Morgan fingerprint density at radius 3 is 3.00 bits per heavy atom. The molecule has 20 heavy (non-hydrogen) atoms. The van der Waals surface area contributed by atoms with Gasteiger partial charge in [-0.05, 0) is 30.4 Å². The zero-order valence-electron chi connectivity index (χ0n) is 11.5. The monoisotopic (exact) mass is 277 g/mol. The number of aromatic nitrogens is 1. The third-order valence-electron chi connectivity index (χ3n) is 3.58. The van der Waals surface area contributed by atoms with E-state index in [1.165, 1.54) is 4.90 Å². The van der Waals surface area contributed by atoms with Crippen LogP contribution < -0.4 is 5.32 Å². The van der Waals surface area contributed by atoms with Crippen LogP contribution in [-0.4, -0.2) is 39.6 Å². The van der Waals surface area contributed by atoms with Gasteiger partial charge in [0.05, 0.1) is 0 Å². The van der Waals surface area contributed by atoms with Crippen molar-refractivity contribution in [2.24, 2.45) is 5.92 Å². The van der Waals surface area contributed by atoms with Crippen LogP contribution in [0.1, 0.15) is 25.3 Å². The second-order valence-electron chi connectivity index (χ2n) is 5.20. The first kappa shape index (κ1) is 14.3. The van der Waals surface area contributed by atoms with Crippen LogP contribution in [0.3, 0.4) is 0 Å². The van der Waals surface area contributed by atoms with Gasteiger partial charge < -0.3 is 15.3 Å². The van der Waals surface area contributed by atoms with Crippen molar-refractivity contribution in [2.45, 2.75) is 32.4 Å². The summed E-state index contributed by atoms with van der Waals surface area (Å²) in [5.41, 5.74) is 0.887. The number of nitrogens with one attached hydrogen (secondary N) is 1. The summed E-state index contributed by atoms with van der Waals surface area (Å²) in [5, 5.41) is 12.0. The highest BCUT2D eigenvalue weighted by atomic mass is 16.4. The summed E-state index contributed by atoms with van der Waals surface area (Å²) < 4.78 is 0. The molecule has 2 unspecified atom stereocenters. The Labute approximate surface area is 117 Å². The van der Waals surface area contributed by atoms with Crippen molar-refractivity contribution in [1.29, 1.82) is 0 Å². The molecule has 1 aliphatic rings. The fourth-order valence-corrected chi connectivity index (χ4v) is 2.40. The standard InChI is InChI=1S/C14H19N3O3/c1-10-4-6-17(12(7-10)13(18)19)14(20)16-9-11-3-2-5-15-8-11/h2-3,5,8,10,12H,4,6-7,9H2,1H3,(H,16,20)(H,18,19). The van der Waals surface area contributed by atoms with E-state index in [-0.39, 0.29) is 6.03 Å². The van der Waals surface area contributed by atoms with E-state index in [9.17, 15) is 14.7 Å². The lowest BCUT2D eigenvalue weighted by atomic mass is 9.93. The van der Waals surface area contributed by atoms with Gasteiger partial charge in [0, 0.05) is 25.5 Å². The number of likely N-dealkylation sites (tertiary alicyclic amines) is 1. The van der Waals surface area contributed by atoms with E-state index in [1.54, 1.807) is 18.5 Å². The highest BCUT2D eigenvalue weighted by Gasteiger charge is 2.34. The molecule has 1 fully saturated rings. The zero-order valence-corrected chi connectivity index (χ0v) is 11.5. The average molecular weight is 277 g/mol. The van der Waals surface area contributed by atoms with Crippen LogP contribution in [0.25, 0.3) is 0 Å². The molecule has 0 radical (unpaired) electrons. The molecule has 0 bridgehead atoms. The van der Waals surface area contributed by atoms with E-state index in [0.29, 0.717) is 25.4 Å². The topological polar surface area (TPSA) is 82.5 Å². The molecule has 0 aliphatic carbocycles. The summed E-state index contributed by atoms with van der Waals surface area (Å²) in [6, 6.07) is 2.60. The first-order valence-corrected chi connectivity index (χ1v) is 6.74. The van der Waals surface area contributed by atoms with Gasteiger partial charge >= 0.3 is 12.0 Å². The minimum atomic E-state index is -0.937. The van der Waals surface area contributed by atoms with E-state index in [1.807, 2.05) is 13.0 Å². The molecule has 0 aromatic carbocycles. The van der Waals surface area contributed by atoms with Gasteiger partial charge in [0.15, 0.2) is 0 Å². The first-order chi connectivity index (χ1) is 9.58. The highest BCUT2D eigenvalue weighted by Crippen LogP contribution is 2.22. The molecule has 1 aromatic rings. The smallest absolute Gasteiger partial charge is 0.326 e. The Morgan fingerprint density at radius 2 is 2.35 bits per heavy atom. The first-order valence-electron chi connectivity index (χ1n) is 6.74. The molecule has 0 saturated carbocycles. The third kappa shape index (κ3) is 3.46. The number of carbonyl (C=O) groups excluding carboxylic acids is 1. The molecule has 108 valence electrons. The van der Waals surface area contributed by atoms with Gasteiger partial charge in [-0.2, -0.15) is 0 Å². The summed E-state index contributed by atoms with van der Waals surface area (Å²) in [6.45, 7) is 2.85. The van der Waals surface area contributed by atoms with Gasteiger partial charge in [0.25, 0.3) is 0 Å². The maximum absolute atomic E-state index is 12.1. The zero-order chi connectivity index (χ0) is 14.5. The highest BCUT2D eigenvalue weighted by molar-refractivity contribution is 5.82. The van der Waals surface area contributed by atoms with Gasteiger partial charge in [-0.25, -0.2) is 9.59 Å². The summed E-state index contributed by atoms with van der Waals surface area (Å²) in [7, 11) is 0. The number of pyridine rings is 1. The van der Waals surface area contributed by atoms with Crippen LogP contribution in [0.5, 0.6) is 0 Å². The van der Waals surface area contributed by atoms with E-state index >= 15 is 0 Å². The average Bonchev–Trinajstić information content (AvgIpc) is 2.45. The summed E-state index contributed by atoms with van der Waals surface area (Å²) in [6.07, 6.45) is 4.69. The van der Waals surface area contributed by atoms with Crippen LogP contribution in [0.15, 0.2) is 24.5 Å². The largest absolute Gasteiger partial charge is 0.480 e. The summed E-state index contributed by atoms with van der Waals surface area (Å²) >= 11 is 0. The lowest BCUT2D eigenvalue weighted by molar-refractivity contribution is -0.143. The SMILES string of the molecule is CC1CCN(C(=O)NCc2cccnc2)C(C(=O)O)C1. The van der Waals surface area contributed by atoms with Crippen molar-refractivity contribution >= 4 is 12.0 Å². The number of urea groups is 1. The Balaban J connectivity index is 1.95. The maximum atomic E-state index is 12.1. The molecule has 1 aromatic heterocycles. The lowest BCUT2D eigenvalue weighted by Crippen LogP contribution is -2.53. The maximum Gasteiger partial charge on any atom is 0.326 e. The number of carbonyl (C=O) groups is 2. The number of rotatable bonds is 3. The molecule has 2 amide bonds. The molecule has 2 heterocycles. The van der Waals surface area contributed by atoms with Crippen molar-refractivity contribution in [3.8, 4) is 0 Å². The van der Waals surface area contributed by atoms with Crippen LogP contribution in [0.2, 0.25) is 0 Å². The van der Waals surface area contributed by atoms with Crippen molar-refractivity contribution in [2.75, 3.05) is 6.54 Å². The van der Waals surface area contributed by atoms with Crippen molar-refractivity contribution < 1.29 is 14.7 Å². The lowest BCUT2D eigenvalue weighted by Gasteiger charge is -2.35.